The molecule has 1 unspecified atom stereocenters. The van der Waals surface area contributed by atoms with Crippen LogP contribution in [0, 0.1) is 19.8 Å². The Hall–Kier alpha value is -1.80. The van der Waals surface area contributed by atoms with E-state index in [-0.39, 0.29) is 0 Å². The van der Waals surface area contributed by atoms with E-state index in [0.717, 1.165) is 18.6 Å². The summed E-state index contributed by atoms with van der Waals surface area (Å²) < 4.78 is 5.30. The second kappa shape index (κ2) is 7.28. The third-order valence-electron chi connectivity index (χ3n) is 4.13. The van der Waals surface area contributed by atoms with Crippen LogP contribution in [0.5, 0.6) is 5.75 Å². The van der Waals surface area contributed by atoms with Gasteiger partial charge >= 0.3 is 0 Å². The molecular weight excluding hydrogens is 258 g/mol. The predicted molar refractivity (Wildman–Crippen MR) is 88.9 cm³/mol. The van der Waals surface area contributed by atoms with Gasteiger partial charge in [0.2, 0.25) is 0 Å². The van der Waals surface area contributed by atoms with Crippen LogP contribution < -0.4 is 10.5 Å². The van der Waals surface area contributed by atoms with Gasteiger partial charge in [-0.2, -0.15) is 0 Å². The lowest BCUT2D eigenvalue weighted by molar-refractivity contribution is 0.413. The molecule has 0 saturated carbocycles. The number of nitrogens with two attached hydrogens (primary N) is 1. The molecule has 0 aliphatic rings. The van der Waals surface area contributed by atoms with Crippen molar-refractivity contribution in [1.29, 1.82) is 0 Å². The van der Waals surface area contributed by atoms with Crippen LogP contribution in [0.1, 0.15) is 22.3 Å². The number of rotatable bonds is 6. The fourth-order valence-corrected chi connectivity index (χ4v) is 2.83. The minimum absolute atomic E-state index is 0.455. The normalized spacial score (nSPS) is 12.2. The van der Waals surface area contributed by atoms with Gasteiger partial charge in [0.15, 0.2) is 0 Å². The molecule has 2 N–H and O–H groups in total. The minimum atomic E-state index is 0.455. The molecule has 112 valence electrons. The van der Waals surface area contributed by atoms with E-state index in [1.54, 1.807) is 7.11 Å². The molecule has 2 aromatic rings. The second-order valence-corrected chi connectivity index (χ2v) is 5.73. The standard InChI is InChI=1S/C19H25NO/c1-14-6-4-7-15(2)19(14)12-17(13-20)10-16-8-5-9-18(11-16)21-3/h4-9,11,17H,10,12-13,20H2,1-3H3. The van der Waals surface area contributed by atoms with E-state index < -0.39 is 0 Å². The molecule has 0 spiro atoms. The molecular formula is C19H25NO. The average molecular weight is 283 g/mol. The van der Waals surface area contributed by atoms with Crippen molar-refractivity contribution >= 4 is 0 Å². The number of methoxy groups -OCH3 is 1. The highest BCUT2D eigenvalue weighted by atomic mass is 16.5. The number of aryl methyl sites for hydroxylation is 2. The molecule has 2 nitrogen and oxygen atoms in total. The quantitative estimate of drug-likeness (QED) is 0.878. The van der Waals surface area contributed by atoms with Crippen LogP contribution in [0.25, 0.3) is 0 Å². The van der Waals surface area contributed by atoms with Gasteiger partial charge in [0.25, 0.3) is 0 Å². The van der Waals surface area contributed by atoms with Crippen molar-refractivity contribution in [3.8, 4) is 5.75 Å². The van der Waals surface area contributed by atoms with E-state index in [4.69, 9.17) is 10.5 Å². The molecule has 0 radical (unpaired) electrons. The molecule has 21 heavy (non-hydrogen) atoms. The van der Waals surface area contributed by atoms with Crippen molar-refractivity contribution in [1.82, 2.24) is 0 Å². The summed E-state index contributed by atoms with van der Waals surface area (Å²) in [6.45, 7) is 5.06. The summed E-state index contributed by atoms with van der Waals surface area (Å²) in [6.07, 6.45) is 2.02. The fourth-order valence-electron chi connectivity index (χ4n) is 2.83. The zero-order valence-corrected chi connectivity index (χ0v) is 13.2. The molecule has 0 saturated heterocycles. The van der Waals surface area contributed by atoms with Gasteiger partial charge in [-0.3, -0.25) is 0 Å². The SMILES string of the molecule is COc1cccc(CC(CN)Cc2c(C)cccc2C)c1. The molecule has 0 bridgehead atoms. The Balaban J connectivity index is 2.13. The summed E-state index contributed by atoms with van der Waals surface area (Å²) >= 11 is 0. The molecule has 2 aromatic carbocycles. The monoisotopic (exact) mass is 283 g/mol. The second-order valence-electron chi connectivity index (χ2n) is 5.73. The fraction of sp³-hybridized carbons (Fsp3) is 0.368. The van der Waals surface area contributed by atoms with Crippen molar-refractivity contribution < 1.29 is 4.74 Å². The van der Waals surface area contributed by atoms with Gasteiger partial charge in [0.1, 0.15) is 5.75 Å². The zero-order valence-electron chi connectivity index (χ0n) is 13.2. The van der Waals surface area contributed by atoms with Crippen LogP contribution in [0.15, 0.2) is 42.5 Å². The Kier molecular flexibility index (Phi) is 5.40. The van der Waals surface area contributed by atoms with Crippen molar-refractivity contribution in [2.24, 2.45) is 11.7 Å². The van der Waals surface area contributed by atoms with Crippen molar-refractivity contribution in [3.63, 3.8) is 0 Å². The Bertz CT molecular complexity index is 572. The van der Waals surface area contributed by atoms with E-state index in [1.165, 1.54) is 22.3 Å². The minimum Gasteiger partial charge on any atom is -0.497 e. The zero-order chi connectivity index (χ0) is 15.2. The third-order valence-corrected chi connectivity index (χ3v) is 4.13. The van der Waals surface area contributed by atoms with Crippen molar-refractivity contribution in [2.45, 2.75) is 26.7 Å². The summed E-state index contributed by atoms with van der Waals surface area (Å²) in [7, 11) is 1.70. The lowest BCUT2D eigenvalue weighted by atomic mass is 9.89. The van der Waals surface area contributed by atoms with E-state index in [9.17, 15) is 0 Å². The van der Waals surface area contributed by atoms with Crippen LogP contribution in [0.3, 0.4) is 0 Å². The molecule has 1 atom stereocenters. The van der Waals surface area contributed by atoms with E-state index >= 15 is 0 Å². The average Bonchev–Trinajstić information content (AvgIpc) is 2.50. The van der Waals surface area contributed by atoms with Gasteiger partial charge in [-0.25, -0.2) is 0 Å². The highest BCUT2D eigenvalue weighted by Gasteiger charge is 2.12. The molecule has 0 amide bonds. The van der Waals surface area contributed by atoms with Crippen LogP contribution >= 0.6 is 0 Å². The third kappa shape index (κ3) is 4.08. The van der Waals surface area contributed by atoms with Crippen LogP contribution in [0.2, 0.25) is 0 Å². The van der Waals surface area contributed by atoms with Crippen molar-refractivity contribution in [3.05, 3.63) is 64.7 Å². The van der Waals surface area contributed by atoms with Crippen LogP contribution in [0.4, 0.5) is 0 Å². The molecule has 0 aliphatic heterocycles. The molecule has 0 heterocycles. The molecule has 0 aliphatic carbocycles. The lowest BCUT2D eigenvalue weighted by Gasteiger charge is -2.18. The van der Waals surface area contributed by atoms with Gasteiger partial charge in [-0.15, -0.1) is 0 Å². The van der Waals surface area contributed by atoms with Crippen LogP contribution in [-0.4, -0.2) is 13.7 Å². The Morgan fingerprint density at radius 3 is 2.29 bits per heavy atom. The van der Waals surface area contributed by atoms with Gasteiger partial charge in [-0.05, 0) is 73.5 Å². The Morgan fingerprint density at radius 1 is 1.00 bits per heavy atom. The topological polar surface area (TPSA) is 35.2 Å². The Labute approximate surface area is 127 Å². The van der Waals surface area contributed by atoms with E-state index in [1.807, 2.05) is 12.1 Å². The molecule has 2 heteroatoms. The molecule has 2 rings (SSSR count). The molecule has 0 aromatic heterocycles. The first-order valence-corrected chi connectivity index (χ1v) is 7.52. The number of hydrogen-bond donors (Lipinski definition) is 1. The highest BCUT2D eigenvalue weighted by molar-refractivity contribution is 5.34. The number of ether oxygens (including phenoxy) is 1. The predicted octanol–water partition coefficient (Wildman–Crippen LogP) is 3.67. The molecule has 0 fully saturated rings. The summed E-state index contributed by atoms with van der Waals surface area (Å²) in [5.74, 6) is 1.37. The first kappa shape index (κ1) is 15.6. The maximum absolute atomic E-state index is 6.01. The maximum Gasteiger partial charge on any atom is 0.119 e. The summed E-state index contributed by atoms with van der Waals surface area (Å²) in [4.78, 5) is 0. The number of benzene rings is 2. The van der Waals surface area contributed by atoms with Gasteiger partial charge in [0, 0.05) is 0 Å². The summed E-state index contributed by atoms with van der Waals surface area (Å²) in [5.41, 5.74) is 11.5. The summed E-state index contributed by atoms with van der Waals surface area (Å²) in [5, 5.41) is 0. The maximum atomic E-state index is 6.01. The van der Waals surface area contributed by atoms with Gasteiger partial charge < -0.3 is 10.5 Å². The summed E-state index contributed by atoms with van der Waals surface area (Å²) in [6, 6.07) is 14.8. The largest absolute Gasteiger partial charge is 0.497 e. The first-order chi connectivity index (χ1) is 10.1. The smallest absolute Gasteiger partial charge is 0.119 e. The van der Waals surface area contributed by atoms with Crippen molar-refractivity contribution in [2.75, 3.05) is 13.7 Å². The number of hydrogen-bond acceptors (Lipinski definition) is 2. The van der Waals surface area contributed by atoms with Gasteiger partial charge in [0.05, 0.1) is 7.11 Å². The Morgan fingerprint density at radius 2 is 1.67 bits per heavy atom. The first-order valence-electron chi connectivity index (χ1n) is 7.52. The highest BCUT2D eigenvalue weighted by Crippen LogP contribution is 2.21. The van der Waals surface area contributed by atoms with Crippen LogP contribution in [-0.2, 0) is 12.8 Å². The lowest BCUT2D eigenvalue weighted by Crippen LogP contribution is -2.20. The van der Waals surface area contributed by atoms with Gasteiger partial charge in [-0.1, -0.05) is 30.3 Å². The van der Waals surface area contributed by atoms with E-state index in [2.05, 4.69) is 44.2 Å². The van der Waals surface area contributed by atoms with E-state index in [0.29, 0.717) is 12.5 Å².